The fourth-order valence-corrected chi connectivity index (χ4v) is 1.45. The molecule has 0 heterocycles. The topological polar surface area (TPSA) is 53.7 Å². The molecule has 1 aromatic rings. The first kappa shape index (κ1) is 15.1. The first-order valence-corrected chi connectivity index (χ1v) is 6.29. The van der Waals surface area contributed by atoms with Crippen LogP contribution in [0.1, 0.15) is 19.4 Å². The second kappa shape index (κ2) is 9.05. The summed E-state index contributed by atoms with van der Waals surface area (Å²) in [5.41, 5.74) is 6.62. The van der Waals surface area contributed by atoms with Gasteiger partial charge in [0.05, 0.1) is 32.5 Å². The van der Waals surface area contributed by atoms with Gasteiger partial charge in [0.2, 0.25) is 0 Å². The van der Waals surface area contributed by atoms with Crippen LogP contribution < -0.4 is 5.73 Å². The van der Waals surface area contributed by atoms with Crippen LogP contribution in [0.5, 0.6) is 0 Å². The zero-order valence-corrected chi connectivity index (χ0v) is 11.2. The second-order valence-electron chi connectivity index (χ2n) is 4.26. The minimum absolute atomic E-state index is 0.0605. The van der Waals surface area contributed by atoms with Crippen LogP contribution in [0.15, 0.2) is 30.3 Å². The Morgan fingerprint density at radius 2 is 1.72 bits per heavy atom. The molecule has 2 unspecified atom stereocenters. The lowest BCUT2D eigenvalue weighted by molar-refractivity contribution is -0.0434. The average Bonchev–Trinajstić information content (AvgIpc) is 2.36. The Hall–Kier alpha value is -0.940. The maximum atomic E-state index is 5.57. The molecule has 1 aromatic carbocycles. The van der Waals surface area contributed by atoms with Gasteiger partial charge in [0.25, 0.3) is 0 Å². The van der Waals surface area contributed by atoms with E-state index in [1.165, 1.54) is 5.56 Å². The number of hydrogen-bond acceptors (Lipinski definition) is 4. The summed E-state index contributed by atoms with van der Waals surface area (Å²) >= 11 is 0. The number of nitrogens with two attached hydrogens (primary N) is 1. The van der Waals surface area contributed by atoms with Gasteiger partial charge in [-0.25, -0.2) is 0 Å². The molecule has 0 amide bonds. The van der Waals surface area contributed by atoms with E-state index >= 15 is 0 Å². The molecule has 0 aliphatic rings. The van der Waals surface area contributed by atoms with E-state index < -0.39 is 0 Å². The van der Waals surface area contributed by atoms with Gasteiger partial charge in [0.1, 0.15) is 6.23 Å². The predicted molar refractivity (Wildman–Crippen MR) is 71.1 cm³/mol. The molecule has 0 saturated carbocycles. The highest BCUT2D eigenvalue weighted by Crippen LogP contribution is 2.02. The highest BCUT2D eigenvalue weighted by atomic mass is 16.6. The van der Waals surface area contributed by atoms with Gasteiger partial charge in [0, 0.05) is 0 Å². The molecule has 102 valence electrons. The molecule has 0 fully saturated rings. The van der Waals surface area contributed by atoms with Crippen molar-refractivity contribution in [2.45, 2.75) is 32.8 Å². The second-order valence-corrected chi connectivity index (χ2v) is 4.26. The molecule has 0 aliphatic carbocycles. The summed E-state index contributed by atoms with van der Waals surface area (Å²) < 4.78 is 16.3. The maximum absolute atomic E-state index is 5.57. The molecule has 0 aliphatic heterocycles. The number of benzene rings is 1. The molecular weight excluding hydrogens is 230 g/mol. The van der Waals surface area contributed by atoms with Crippen LogP contribution in [0.4, 0.5) is 0 Å². The summed E-state index contributed by atoms with van der Waals surface area (Å²) in [7, 11) is 0. The smallest absolute Gasteiger partial charge is 0.102 e. The minimum atomic E-state index is -0.238. The van der Waals surface area contributed by atoms with Gasteiger partial charge < -0.3 is 19.9 Å². The van der Waals surface area contributed by atoms with Crippen LogP contribution in [-0.4, -0.2) is 32.2 Å². The molecule has 0 spiro atoms. The zero-order chi connectivity index (χ0) is 13.2. The van der Waals surface area contributed by atoms with Crippen molar-refractivity contribution >= 4 is 0 Å². The van der Waals surface area contributed by atoms with Crippen LogP contribution in [-0.2, 0) is 20.8 Å². The summed E-state index contributed by atoms with van der Waals surface area (Å²) in [6.07, 6.45) is -0.177. The molecular formula is C14H23NO3. The van der Waals surface area contributed by atoms with Gasteiger partial charge in [-0.3, -0.25) is 0 Å². The summed E-state index contributed by atoms with van der Waals surface area (Å²) in [4.78, 5) is 0. The first-order chi connectivity index (χ1) is 8.68. The Labute approximate surface area is 109 Å². The number of hydrogen-bond donors (Lipinski definition) is 1. The number of rotatable bonds is 9. The minimum Gasteiger partial charge on any atom is -0.374 e. The highest BCUT2D eigenvalue weighted by Gasteiger charge is 2.03. The lowest BCUT2D eigenvalue weighted by atomic mass is 10.2. The third-order valence-electron chi connectivity index (χ3n) is 2.33. The summed E-state index contributed by atoms with van der Waals surface area (Å²) in [6, 6.07) is 10.1. The maximum Gasteiger partial charge on any atom is 0.102 e. The summed E-state index contributed by atoms with van der Waals surface area (Å²) in [6.45, 7) is 6.03. The monoisotopic (exact) mass is 253 g/mol. The largest absolute Gasteiger partial charge is 0.374 e. The van der Waals surface area contributed by atoms with Crippen molar-refractivity contribution in [2.24, 2.45) is 5.73 Å². The molecule has 4 heteroatoms. The Kier molecular flexibility index (Phi) is 7.60. The fraction of sp³-hybridized carbons (Fsp3) is 0.571. The molecule has 1 rings (SSSR count). The Morgan fingerprint density at radius 1 is 1.06 bits per heavy atom. The van der Waals surface area contributed by atoms with Crippen LogP contribution in [0.25, 0.3) is 0 Å². The van der Waals surface area contributed by atoms with Crippen molar-refractivity contribution in [3.05, 3.63) is 35.9 Å². The Bertz CT molecular complexity index is 303. The third-order valence-corrected chi connectivity index (χ3v) is 2.33. The van der Waals surface area contributed by atoms with E-state index in [2.05, 4.69) is 0 Å². The van der Waals surface area contributed by atoms with Gasteiger partial charge in [-0.1, -0.05) is 30.3 Å². The van der Waals surface area contributed by atoms with Crippen molar-refractivity contribution in [3.8, 4) is 0 Å². The van der Waals surface area contributed by atoms with Gasteiger partial charge in [-0.15, -0.1) is 0 Å². The normalized spacial score (nSPS) is 14.4. The van der Waals surface area contributed by atoms with Crippen LogP contribution in [0.3, 0.4) is 0 Å². The Morgan fingerprint density at radius 3 is 2.39 bits per heavy atom. The predicted octanol–water partition coefficient (Wildman–Crippen LogP) is 1.93. The third kappa shape index (κ3) is 7.40. The van der Waals surface area contributed by atoms with Crippen LogP contribution in [0, 0.1) is 0 Å². The summed E-state index contributed by atoms with van der Waals surface area (Å²) in [5.74, 6) is 0. The molecule has 0 bridgehead atoms. The number of ether oxygens (including phenoxy) is 3. The van der Waals surface area contributed by atoms with E-state index in [-0.39, 0.29) is 12.3 Å². The van der Waals surface area contributed by atoms with Crippen molar-refractivity contribution in [1.82, 2.24) is 0 Å². The van der Waals surface area contributed by atoms with E-state index in [1.807, 2.05) is 37.3 Å². The molecule has 0 saturated heterocycles. The van der Waals surface area contributed by atoms with Crippen molar-refractivity contribution in [2.75, 3.05) is 19.8 Å². The lowest BCUT2D eigenvalue weighted by Crippen LogP contribution is -2.24. The van der Waals surface area contributed by atoms with Crippen molar-refractivity contribution in [3.63, 3.8) is 0 Å². The quantitative estimate of drug-likeness (QED) is 0.539. The standard InChI is InChI=1S/C14H23NO3/c1-12(17-8-9-18-13(2)15)10-16-11-14-6-4-3-5-7-14/h3-7,12-13H,8-11,15H2,1-2H3. The fourth-order valence-electron chi connectivity index (χ4n) is 1.45. The first-order valence-electron chi connectivity index (χ1n) is 6.29. The van der Waals surface area contributed by atoms with Gasteiger partial charge in [-0.2, -0.15) is 0 Å². The van der Waals surface area contributed by atoms with Gasteiger partial charge >= 0.3 is 0 Å². The molecule has 2 atom stereocenters. The van der Waals surface area contributed by atoms with E-state index in [9.17, 15) is 0 Å². The highest BCUT2D eigenvalue weighted by molar-refractivity contribution is 5.13. The van der Waals surface area contributed by atoms with E-state index in [1.54, 1.807) is 6.92 Å². The molecule has 4 nitrogen and oxygen atoms in total. The SMILES string of the molecule is CC(N)OCCOC(C)COCc1ccccc1. The lowest BCUT2D eigenvalue weighted by Gasteiger charge is -2.14. The van der Waals surface area contributed by atoms with Gasteiger partial charge in [-0.05, 0) is 19.4 Å². The summed E-state index contributed by atoms with van der Waals surface area (Å²) in [5, 5.41) is 0. The van der Waals surface area contributed by atoms with Crippen molar-refractivity contribution < 1.29 is 14.2 Å². The average molecular weight is 253 g/mol. The molecule has 2 N–H and O–H groups in total. The van der Waals surface area contributed by atoms with E-state index in [0.717, 1.165) is 0 Å². The van der Waals surface area contributed by atoms with Gasteiger partial charge in [0.15, 0.2) is 0 Å². The molecule has 0 aromatic heterocycles. The van der Waals surface area contributed by atoms with E-state index in [4.69, 9.17) is 19.9 Å². The van der Waals surface area contributed by atoms with E-state index in [0.29, 0.717) is 26.4 Å². The van der Waals surface area contributed by atoms with Crippen LogP contribution >= 0.6 is 0 Å². The zero-order valence-electron chi connectivity index (χ0n) is 11.2. The Balaban J connectivity index is 2.01. The molecule has 0 radical (unpaired) electrons. The van der Waals surface area contributed by atoms with Crippen molar-refractivity contribution in [1.29, 1.82) is 0 Å². The molecule has 18 heavy (non-hydrogen) atoms. The van der Waals surface area contributed by atoms with Crippen LogP contribution in [0.2, 0.25) is 0 Å².